The standard InChI is InChI=1S/C20H20N2O4S/c1-21(15-18-10-7-13-26-18)20(23)16-8-6-9-17(14-16)22(2)27(24,25)19-11-4-3-5-12-19/h3-14H,15H2,1-2H3. The lowest BCUT2D eigenvalue weighted by Crippen LogP contribution is -2.28. The molecular formula is C20H20N2O4S. The Bertz CT molecular complexity index is 1020. The van der Waals surface area contributed by atoms with Crippen LogP contribution in [0.2, 0.25) is 0 Å². The summed E-state index contributed by atoms with van der Waals surface area (Å²) in [5, 5.41) is 0. The van der Waals surface area contributed by atoms with Crippen LogP contribution in [0.1, 0.15) is 16.1 Å². The maximum Gasteiger partial charge on any atom is 0.264 e. The molecule has 140 valence electrons. The van der Waals surface area contributed by atoms with Gasteiger partial charge in [0.1, 0.15) is 5.76 Å². The molecule has 3 rings (SSSR count). The third-order valence-electron chi connectivity index (χ3n) is 4.18. The molecule has 0 spiro atoms. The molecule has 7 heteroatoms. The molecule has 0 unspecified atom stereocenters. The smallest absolute Gasteiger partial charge is 0.264 e. The molecule has 0 bridgehead atoms. The van der Waals surface area contributed by atoms with Crippen LogP contribution in [0.25, 0.3) is 0 Å². The van der Waals surface area contributed by atoms with E-state index in [4.69, 9.17) is 4.42 Å². The van der Waals surface area contributed by atoms with Gasteiger partial charge in [0, 0.05) is 19.7 Å². The van der Waals surface area contributed by atoms with Crippen molar-refractivity contribution < 1.29 is 17.6 Å². The van der Waals surface area contributed by atoms with E-state index < -0.39 is 10.0 Å². The molecule has 0 aliphatic heterocycles. The molecule has 0 N–H and O–H groups in total. The van der Waals surface area contributed by atoms with E-state index in [1.807, 2.05) is 0 Å². The fourth-order valence-electron chi connectivity index (χ4n) is 2.65. The molecular weight excluding hydrogens is 364 g/mol. The van der Waals surface area contributed by atoms with Crippen molar-refractivity contribution in [3.63, 3.8) is 0 Å². The highest BCUT2D eigenvalue weighted by Gasteiger charge is 2.22. The number of hydrogen-bond donors (Lipinski definition) is 0. The van der Waals surface area contributed by atoms with Crippen LogP contribution in [0.5, 0.6) is 0 Å². The second-order valence-electron chi connectivity index (χ2n) is 6.08. The predicted molar refractivity (Wildman–Crippen MR) is 103 cm³/mol. The van der Waals surface area contributed by atoms with Crippen molar-refractivity contribution >= 4 is 21.6 Å². The fourth-order valence-corrected chi connectivity index (χ4v) is 3.86. The Balaban J connectivity index is 1.83. The maximum atomic E-state index is 12.8. The Morgan fingerprint density at radius 3 is 2.37 bits per heavy atom. The normalized spacial score (nSPS) is 11.2. The zero-order chi connectivity index (χ0) is 19.4. The third-order valence-corrected chi connectivity index (χ3v) is 5.98. The van der Waals surface area contributed by atoms with E-state index in [0.29, 0.717) is 23.6 Å². The molecule has 6 nitrogen and oxygen atoms in total. The highest BCUT2D eigenvalue weighted by molar-refractivity contribution is 7.92. The van der Waals surface area contributed by atoms with E-state index >= 15 is 0 Å². The Hall–Kier alpha value is -3.06. The first-order valence-electron chi connectivity index (χ1n) is 8.31. The quantitative estimate of drug-likeness (QED) is 0.653. The third kappa shape index (κ3) is 4.03. The topological polar surface area (TPSA) is 70.8 Å². The number of anilines is 1. The van der Waals surface area contributed by atoms with Gasteiger partial charge in [-0.05, 0) is 42.5 Å². The number of nitrogens with zero attached hydrogens (tertiary/aromatic N) is 2. The summed E-state index contributed by atoms with van der Waals surface area (Å²) in [6.07, 6.45) is 1.55. The van der Waals surface area contributed by atoms with E-state index in [2.05, 4.69) is 0 Å². The zero-order valence-electron chi connectivity index (χ0n) is 15.1. The van der Waals surface area contributed by atoms with Crippen molar-refractivity contribution in [2.24, 2.45) is 0 Å². The molecule has 0 radical (unpaired) electrons. The number of sulfonamides is 1. The Kier molecular flexibility index (Phi) is 5.32. The van der Waals surface area contributed by atoms with Crippen LogP contribution >= 0.6 is 0 Å². The van der Waals surface area contributed by atoms with Crippen LogP contribution in [0.15, 0.2) is 82.3 Å². The van der Waals surface area contributed by atoms with E-state index in [1.165, 1.54) is 28.4 Å². The van der Waals surface area contributed by atoms with Gasteiger partial charge in [0.2, 0.25) is 0 Å². The number of carbonyl (C=O) groups is 1. The number of carbonyl (C=O) groups excluding carboxylic acids is 1. The summed E-state index contributed by atoms with van der Waals surface area (Å²) in [6.45, 7) is 0.328. The summed E-state index contributed by atoms with van der Waals surface area (Å²) in [4.78, 5) is 14.4. The summed E-state index contributed by atoms with van der Waals surface area (Å²) in [5.74, 6) is 0.449. The molecule has 0 saturated heterocycles. The van der Waals surface area contributed by atoms with Gasteiger partial charge in [0.15, 0.2) is 0 Å². The first kappa shape index (κ1) is 18.7. The largest absolute Gasteiger partial charge is 0.467 e. The maximum absolute atomic E-state index is 12.8. The van der Waals surface area contributed by atoms with Gasteiger partial charge in [-0.25, -0.2) is 8.42 Å². The highest BCUT2D eigenvalue weighted by Crippen LogP contribution is 2.23. The number of amides is 1. The molecule has 1 heterocycles. The molecule has 2 aromatic carbocycles. The second kappa shape index (κ2) is 7.67. The summed E-state index contributed by atoms with van der Waals surface area (Å²) in [7, 11) is -0.563. The lowest BCUT2D eigenvalue weighted by Gasteiger charge is -2.21. The van der Waals surface area contributed by atoms with Crippen molar-refractivity contribution in [1.82, 2.24) is 4.90 Å². The average molecular weight is 384 g/mol. The van der Waals surface area contributed by atoms with Gasteiger partial charge >= 0.3 is 0 Å². The predicted octanol–water partition coefficient (Wildman–Crippen LogP) is 3.38. The van der Waals surface area contributed by atoms with E-state index in [-0.39, 0.29) is 10.8 Å². The van der Waals surface area contributed by atoms with Gasteiger partial charge < -0.3 is 9.32 Å². The zero-order valence-corrected chi connectivity index (χ0v) is 15.9. The molecule has 0 atom stereocenters. The minimum Gasteiger partial charge on any atom is -0.467 e. The minimum atomic E-state index is -3.70. The van der Waals surface area contributed by atoms with Gasteiger partial charge in [-0.1, -0.05) is 24.3 Å². The molecule has 27 heavy (non-hydrogen) atoms. The number of furan rings is 1. The van der Waals surface area contributed by atoms with Crippen LogP contribution in [0.3, 0.4) is 0 Å². The average Bonchev–Trinajstić information content (AvgIpc) is 3.20. The lowest BCUT2D eigenvalue weighted by atomic mass is 10.1. The van der Waals surface area contributed by atoms with Gasteiger partial charge in [0.25, 0.3) is 15.9 Å². The second-order valence-corrected chi connectivity index (χ2v) is 8.05. The van der Waals surface area contributed by atoms with Gasteiger partial charge in [-0.2, -0.15) is 0 Å². The molecule has 0 aliphatic rings. The van der Waals surface area contributed by atoms with Crippen LogP contribution in [-0.2, 0) is 16.6 Å². The van der Waals surface area contributed by atoms with Gasteiger partial charge in [0.05, 0.1) is 23.4 Å². The highest BCUT2D eigenvalue weighted by atomic mass is 32.2. The molecule has 0 fully saturated rings. The van der Waals surface area contributed by atoms with Gasteiger partial charge in [-0.3, -0.25) is 9.10 Å². The van der Waals surface area contributed by atoms with Crippen LogP contribution in [-0.4, -0.2) is 33.3 Å². The molecule has 3 aromatic rings. The number of benzene rings is 2. The molecule has 0 aliphatic carbocycles. The van der Waals surface area contributed by atoms with Crippen LogP contribution < -0.4 is 4.31 Å². The lowest BCUT2D eigenvalue weighted by molar-refractivity contribution is 0.0775. The summed E-state index contributed by atoms with van der Waals surface area (Å²) >= 11 is 0. The fraction of sp³-hybridized carbons (Fsp3) is 0.150. The van der Waals surface area contributed by atoms with Crippen LogP contribution in [0, 0.1) is 0 Å². The molecule has 0 saturated carbocycles. The Morgan fingerprint density at radius 1 is 0.963 bits per heavy atom. The molecule has 1 amide bonds. The van der Waals surface area contributed by atoms with E-state index in [0.717, 1.165) is 0 Å². The molecule has 1 aromatic heterocycles. The Labute approximate surface area is 158 Å². The van der Waals surface area contributed by atoms with Crippen LogP contribution in [0.4, 0.5) is 5.69 Å². The monoisotopic (exact) mass is 384 g/mol. The van der Waals surface area contributed by atoms with Crippen molar-refractivity contribution in [2.75, 3.05) is 18.4 Å². The van der Waals surface area contributed by atoms with Crippen molar-refractivity contribution in [3.05, 3.63) is 84.3 Å². The summed E-state index contributed by atoms with van der Waals surface area (Å²) in [6, 6.07) is 18.3. The van der Waals surface area contributed by atoms with Crippen molar-refractivity contribution in [1.29, 1.82) is 0 Å². The summed E-state index contributed by atoms with van der Waals surface area (Å²) in [5.41, 5.74) is 0.813. The number of hydrogen-bond acceptors (Lipinski definition) is 4. The minimum absolute atomic E-state index is 0.194. The van der Waals surface area contributed by atoms with Crippen molar-refractivity contribution in [2.45, 2.75) is 11.4 Å². The first-order valence-corrected chi connectivity index (χ1v) is 9.75. The van der Waals surface area contributed by atoms with E-state index in [1.54, 1.807) is 67.9 Å². The van der Waals surface area contributed by atoms with Crippen molar-refractivity contribution in [3.8, 4) is 0 Å². The Morgan fingerprint density at radius 2 is 1.70 bits per heavy atom. The number of rotatable bonds is 6. The van der Waals surface area contributed by atoms with E-state index in [9.17, 15) is 13.2 Å². The van der Waals surface area contributed by atoms with Gasteiger partial charge in [-0.15, -0.1) is 0 Å². The SMILES string of the molecule is CN(Cc1ccco1)C(=O)c1cccc(N(C)S(=O)(=O)c2ccccc2)c1. The first-order chi connectivity index (χ1) is 12.9. The summed E-state index contributed by atoms with van der Waals surface area (Å²) < 4.78 is 32.0.